The Morgan fingerprint density at radius 2 is 2.20 bits per heavy atom. The van der Waals surface area contributed by atoms with E-state index in [0.29, 0.717) is 29.0 Å². The number of anilines is 2. The number of benzene rings is 1. The molecule has 15 heavy (non-hydrogen) atoms. The number of rotatable bonds is 4. The van der Waals surface area contributed by atoms with E-state index in [0.717, 1.165) is 0 Å². The van der Waals surface area contributed by atoms with Crippen LogP contribution in [0.5, 0.6) is 0 Å². The molecule has 3 nitrogen and oxygen atoms in total. The highest BCUT2D eigenvalue weighted by Gasteiger charge is 2.09. The predicted octanol–water partition coefficient (Wildman–Crippen LogP) is 2.25. The summed E-state index contributed by atoms with van der Waals surface area (Å²) in [6, 6.07) is 2.98. The Morgan fingerprint density at radius 3 is 2.80 bits per heavy atom. The largest absolute Gasteiger partial charge is 0.397 e. The zero-order chi connectivity index (χ0) is 11.4. The molecule has 0 saturated carbocycles. The molecular formula is C10H14BrFN2O. The summed E-state index contributed by atoms with van der Waals surface area (Å²) in [5.74, 6) is -0.316. The van der Waals surface area contributed by atoms with Crippen LogP contribution in [0.25, 0.3) is 0 Å². The third kappa shape index (κ3) is 3.07. The van der Waals surface area contributed by atoms with Crippen LogP contribution in [0, 0.1) is 5.82 Å². The van der Waals surface area contributed by atoms with Gasteiger partial charge in [-0.25, -0.2) is 4.39 Å². The average molecular weight is 277 g/mol. The third-order valence-corrected chi connectivity index (χ3v) is 2.72. The quantitative estimate of drug-likeness (QED) is 0.858. The molecule has 0 aliphatic carbocycles. The maximum atomic E-state index is 13.3. The van der Waals surface area contributed by atoms with Crippen molar-refractivity contribution in [1.29, 1.82) is 0 Å². The lowest BCUT2D eigenvalue weighted by Gasteiger charge is -2.20. The van der Waals surface area contributed by atoms with Gasteiger partial charge < -0.3 is 15.4 Å². The molecule has 1 aromatic rings. The van der Waals surface area contributed by atoms with Crippen LogP contribution in [0.3, 0.4) is 0 Å². The van der Waals surface area contributed by atoms with Crippen molar-refractivity contribution in [2.24, 2.45) is 0 Å². The van der Waals surface area contributed by atoms with E-state index in [1.807, 2.05) is 11.9 Å². The maximum Gasteiger partial charge on any atom is 0.139 e. The molecule has 84 valence electrons. The van der Waals surface area contributed by atoms with Crippen molar-refractivity contribution in [3.05, 3.63) is 22.4 Å². The number of hydrogen-bond acceptors (Lipinski definition) is 3. The summed E-state index contributed by atoms with van der Waals surface area (Å²) in [5.41, 5.74) is 7.00. The van der Waals surface area contributed by atoms with E-state index < -0.39 is 0 Å². The van der Waals surface area contributed by atoms with Gasteiger partial charge in [-0.05, 0) is 22.0 Å². The van der Waals surface area contributed by atoms with Crippen LogP contribution < -0.4 is 10.6 Å². The summed E-state index contributed by atoms with van der Waals surface area (Å²) in [7, 11) is 3.47. The van der Waals surface area contributed by atoms with Gasteiger partial charge in [-0.1, -0.05) is 0 Å². The molecule has 0 radical (unpaired) electrons. The first-order chi connectivity index (χ1) is 7.06. The number of nitrogen functional groups attached to an aromatic ring is 1. The van der Waals surface area contributed by atoms with E-state index >= 15 is 0 Å². The van der Waals surface area contributed by atoms with E-state index in [-0.39, 0.29) is 5.82 Å². The summed E-state index contributed by atoms with van der Waals surface area (Å²) in [6.45, 7) is 1.25. The van der Waals surface area contributed by atoms with Crippen molar-refractivity contribution >= 4 is 27.3 Å². The van der Waals surface area contributed by atoms with E-state index in [4.69, 9.17) is 10.5 Å². The Bertz CT molecular complexity index is 346. The standard InChI is InChI=1S/C10H14BrFN2O/c1-14(3-4-15-2)10-6-8(12)7(11)5-9(10)13/h5-6H,3-4,13H2,1-2H3. The molecule has 0 amide bonds. The number of likely N-dealkylation sites (N-methyl/N-ethyl adjacent to an activating group) is 1. The van der Waals surface area contributed by atoms with Gasteiger partial charge in [-0.2, -0.15) is 0 Å². The van der Waals surface area contributed by atoms with Crippen LogP contribution in [-0.4, -0.2) is 27.3 Å². The Kier molecular flexibility index (Phi) is 4.35. The second-order valence-electron chi connectivity index (χ2n) is 3.24. The van der Waals surface area contributed by atoms with Crippen LogP contribution >= 0.6 is 15.9 Å². The Hall–Kier alpha value is -0.810. The lowest BCUT2D eigenvalue weighted by atomic mass is 10.2. The van der Waals surface area contributed by atoms with Crippen molar-refractivity contribution in [2.75, 3.05) is 37.9 Å². The fourth-order valence-electron chi connectivity index (χ4n) is 1.23. The summed E-state index contributed by atoms with van der Waals surface area (Å²) >= 11 is 3.08. The van der Waals surface area contributed by atoms with E-state index in [1.54, 1.807) is 13.2 Å². The van der Waals surface area contributed by atoms with Crippen molar-refractivity contribution < 1.29 is 9.13 Å². The molecule has 0 aromatic heterocycles. The first-order valence-electron chi connectivity index (χ1n) is 4.51. The third-order valence-electron chi connectivity index (χ3n) is 2.11. The predicted molar refractivity (Wildman–Crippen MR) is 63.7 cm³/mol. The molecule has 0 atom stereocenters. The molecule has 1 aromatic carbocycles. The Labute approximate surface area is 97.1 Å². The van der Waals surface area contributed by atoms with E-state index in [1.165, 1.54) is 6.07 Å². The molecule has 5 heteroatoms. The van der Waals surface area contributed by atoms with Gasteiger partial charge in [0, 0.05) is 26.8 Å². The second-order valence-corrected chi connectivity index (χ2v) is 4.09. The minimum Gasteiger partial charge on any atom is -0.397 e. The Balaban J connectivity index is 2.88. The van der Waals surface area contributed by atoms with Gasteiger partial charge in [0.05, 0.1) is 22.5 Å². The highest BCUT2D eigenvalue weighted by Crippen LogP contribution is 2.28. The van der Waals surface area contributed by atoms with Crippen molar-refractivity contribution in [1.82, 2.24) is 0 Å². The van der Waals surface area contributed by atoms with Crippen LogP contribution in [-0.2, 0) is 4.74 Å². The SMILES string of the molecule is COCCN(C)c1cc(F)c(Br)cc1N. The smallest absolute Gasteiger partial charge is 0.139 e. The summed E-state index contributed by atoms with van der Waals surface area (Å²) in [6.07, 6.45) is 0. The number of hydrogen-bond donors (Lipinski definition) is 1. The number of methoxy groups -OCH3 is 1. The minimum atomic E-state index is -0.316. The highest BCUT2D eigenvalue weighted by atomic mass is 79.9. The lowest BCUT2D eigenvalue weighted by molar-refractivity contribution is 0.206. The van der Waals surface area contributed by atoms with Gasteiger partial charge in [0.15, 0.2) is 0 Å². The summed E-state index contributed by atoms with van der Waals surface area (Å²) in [5, 5.41) is 0. The van der Waals surface area contributed by atoms with Crippen molar-refractivity contribution in [3.8, 4) is 0 Å². The molecule has 0 aliphatic heterocycles. The van der Waals surface area contributed by atoms with Crippen LogP contribution in [0.4, 0.5) is 15.8 Å². The van der Waals surface area contributed by atoms with Crippen LogP contribution in [0.15, 0.2) is 16.6 Å². The van der Waals surface area contributed by atoms with Gasteiger partial charge in [-0.15, -0.1) is 0 Å². The number of nitrogens with zero attached hydrogens (tertiary/aromatic N) is 1. The molecule has 0 spiro atoms. The van der Waals surface area contributed by atoms with E-state index in [2.05, 4.69) is 15.9 Å². The Morgan fingerprint density at radius 1 is 1.53 bits per heavy atom. The second kappa shape index (κ2) is 5.32. The molecule has 0 saturated heterocycles. The molecule has 0 unspecified atom stereocenters. The first kappa shape index (κ1) is 12.3. The van der Waals surface area contributed by atoms with Crippen LogP contribution in [0.2, 0.25) is 0 Å². The van der Waals surface area contributed by atoms with Gasteiger partial charge in [-0.3, -0.25) is 0 Å². The monoisotopic (exact) mass is 276 g/mol. The number of ether oxygens (including phenoxy) is 1. The molecule has 0 bridgehead atoms. The van der Waals surface area contributed by atoms with Crippen molar-refractivity contribution in [2.45, 2.75) is 0 Å². The van der Waals surface area contributed by atoms with Gasteiger partial charge in [0.25, 0.3) is 0 Å². The summed E-state index contributed by atoms with van der Waals surface area (Å²) in [4.78, 5) is 1.86. The summed E-state index contributed by atoms with van der Waals surface area (Å²) < 4.78 is 18.6. The van der Waals surface area contributed by atoms with Gasteiger partial charge >= 0.3 is 0 Å². The van der Waals surface area contributed by atoms with Gasteiger partial charge in [0.2, 0.25) is 0 Å². The molecule has 0 aliphatic rings. The van der Waals surface area contributed by atoms with Crippen molar-refractivity contribution in [3.63, 3.8) is 0 Å². The minimum absolute atomic E-state index is 0.316. The average Bonchev–Trinajstić information content (AvgIpc) is 2.20. The lowest BCUT2D eigenvalue weighted by Crippen LogP contribution is -2.23. The number of halogens is 2. The molecule has 0 heterocycles. The first-order valence-corrected chi connectivity index (χ1v) is 5.30. The number of nitrogens with two attached hydrogens (primary N) is 1. The fourth-order valence-corrected chi connectivity index (χ4v) is 1.59. The zero-order valence-electron chi connectivity index (χ0n) is 8.76. The zero-order valence-corrected chi connectivity index (χ0v) is 10.3. The molecular weight excluding hydrogens is 263 g/mol. The fraction of sp³-hybridized carbons (Fsp3) is 0.400. The molecule has 1 rings (SSSR count). The van der Waals surface area contributed by atoms with E-state index in [9.17, 15) is 4.39 Å². The van der Waals surface area contributed by atoms with Gasteiger partial charge in [0.1, 0.15) is 5.82 Å². The molecule has 2 N–H and O–H groups in total. The highest BCUT2D eigenvalue weighted by molar-refractivity contribution is 9.10. The maximum absolute atomic E-state index is 13.3. The normalized spacial score (nSPS) is 10.4. The van der Waals surface area contributed by atoms with Crippen LogP contribution in [0.1, 0.15) is 0 Å². The topological polar surface area (TPSA) is 38.5 Å². The molecule has 0 fully saturated rings.